The van der Waals surface area contributed by atoms with Crippen LogP contribution in [-0.2, 0) is 6.42 Å². The van der Waals surface area contributed by atoms with E-state index in [2.05, 4.69) is 11.9 Å². The maximum absolute atomic E-state index is 11.6. The van der Waals surface area contributed by atoms with E-state index in [0.717, 1.165) is 25.0 Å². The van der Waals surface area contributed by atoms with Gasteiger partial charge in [0.2, 0.25) is 0 Å². The van der Waals surface area contributed by atoms with Crippen LogP contribution < -0.4 is 5.56 Å². The van der Waals surface area contributed by atoms with Gasteiger partial charge in [-0.05, 0) is 25.0 Å². The molecule has 0 spiro atoms. The number of hydrogen-bond acceptors (Lipinski definition) is 2. The Labute approximate surface area is 95.3 Å². The topological polar surface area (TPSA) is 53.2 Å². The van der Waals surface area contributed by atoms with E-state index in [-0.39, 0.29) is 17.0 Å². The van der Waals surface area contributed by atoms with Crippen molar-refractivity contribution in [3.05, 3.63) is 33.7 Å². The van der Waals surface area contributed by atoms with Gasteiger partial charge in [0.25, 0.3) is 11.5 Å². The number of hydrogen-bond donors (Lipinski definition) is 1. The van der Waals surface area contributed by atoms with Gasteiger partial charge in [-0.3, -0.25) is 9.59 Å². The first-order valence-corrected chi connectivity index (χ1v) is 5.50. The molecule has 0 aromatic carbocycles. The summed E-state index contributed by atoms with van der Waals surface area (Å²) in [5, 5.41) is 0. The molecule has 0 unspecified atom stereocenters. The van der Waals surface area contributed by atoms with Crippen LogP contribution in [-0.4, -0.2) is 29.9 Å². The zero-order valence-electron chi connectivity index (χ0n) is 10.0. The van der Waals surface area contributed by atoms with Gasteiger partial charge in [0, 0.05) is 19.8 Å². The van der Waals surface area contributed by atoms with E-state index in [0.29, 0.717) is 0 Å². The highest BCUT2D eigenvalue weighted by atomic mass is 16.2. The molecule has 0 saturated heterocycles. The highest BCUT2D eigenvalue weighted by Gasteiger charge is 2.12. The van der Waals surface area contributed by atoms with Crippen molar-refractivity contribution in [2.75, 3.05) is 14.1 Å². The molecule has 0 saturated carbocycles. The fourth-order valence-corrected chi connectivity index (χ4v) is 1.44. The van der Waals surface area contributed by atoms with E-state index >= 15 is 0 Å². The van der Waals surface area contributed by atoms with Crippen molar-refractivity contribution >= 4 is 5.91 Å². The lowest BCUT2D eigenvalue weighted by atomic mass is 10.1. The molecule has 0 bridgehead atoms. The maximum Gasteiger partial charge on any atom is 0.261 e. The molecule has 0 aliphatic heterocycles. The average Bonchev–Trinajstić information content (AvgIpc) is 2.25. The molecular formula is C12H18N2O2. The molecule has 0 radical (unpaired) electrons. The number of amides is 1. The minimum Gasteiger partial charge on any atom is -0.345 e. The third-order valence-electron chi connectivity index (χ3n) is 2.41. The molecular weight excluding hydrogens is 204 g/mol. The Bertz CT molecular complexity index is 421. The molecule has 4 heteroatoms. The number of aryl methyl sites for hydroxylation is 1. The van der Waals surface area contributed by atoms with Crippen molar-refractivity contribution in [2.45, 2.75) is 26.2 Å². The number of pyridine rings is 1. The molecule has 1 rings (SSSR count). The molecule has 1 N–H and O–H groups in total. The predicted octanol–water partition coefficient (Wildman–Crippen LogP) is 1.42. The SMILES string of the molecule is CCCCc1ccc(C(=O)N(C)C)c(=O)[nH]1. The minimum absolute atomic E-state index is 0.199. The third-order valence-corrected chi connectivity index (χ3v) is 2.41. The lowest BCUT2D eigenvalue weighted by Gasteiger charge is -2.09. The number of carbonyl (C=O) groups is 1. The minimum atomic E-state index is -0.299. The van der Waals surface area contributed by atoms with Crippen molar-refractivity contribution < 1.29 is 4.79 Å². The lowest BCUT2D eigenvalue weighted by molar-refractivity contribution is 0.0826. The Morgan fingerprint density at radius 1 is 1.38 bits per heavy atom. The molecule has 1 aromatic heterocycles. The Hall–Kier alpha value is -1.58. The Morgan fingerprint density at radius 2 is 2.06 bits per heavy atom. The van der Waals surface area contributed by atoms with Crippen LogP contribution in [0.3, 0.4) is 0 Å². The molecule has 1 aromatic rings. The Morgan fingerprint density at radius 3 is 2.56 bits per heavy atom. The Balaban J connectivity index is 2.92. The summed E-state index contributed by atoms with van der Waals surface area (Å²) in [5.74, 6) is -0.261. The molecule has 88 valence electrons. The van der Waals surface area contributed by atoms with Crippen molar-refractivity contribution in [3.63, 3.8) is 0 Å². The summed E-state index contributed by atoms with van der Waals surface area (Å²) in [6.45, 7) is 2.10. The van der Waals surface area contributed by atoms with Crippen molar-refractivity contribution in [3.8, 4) is 0 Å². The standard InChI is InChI=1S/C12H18N2O2/c1-4-5-6-9-7-8-10(11(15)13-9)12(16)14(2)3/h7-8H,4-6H2,1-3H3,(H,13,15). The first-order chi connectivity index (χ1) is 7.56. The first-order valence-electron chi connectivity index (χ1n) is 5.50. The van der Waals surface area contributed by atoms with E-state index in [1.165, 1.54) is 4.90 Å². The summed E-state index contributed by atoms with van der Waals surface area (Å²) >= 11 is 0. The molecule has 16 heavy (non-hydrogen) atoms. The number of aromatic amines is 1. The molecule has 1 amide bonds. The normalized spacial score (nSPS) is 10.2. The Kier molecular flexibility index (Phi) is 4.28. The van der Waals surface area contributed by atoms with Gasteiger partial charge in [-0.15, -0.1) is 0 Å². The number of aromatic nitrogens is 1. The van der Waals surface area contributed by atoms with Crippen LogP contribution >= 0.6 is 0 Å². The largest absolute Gasteiger partial charge is 0.345 e. The highest BCUT2D eigenvalue weighted by molar-refractivity contribution is 5.93. The van der Waals surface area contributed by atoms with Crippen LogP contribution in [0.1, 0.15) is 35.8 Å². The zero-order chi connectivity index (χ0) is 12.1. The maximum atomic E-state index is 11.6. The van der Waals surface area contributed by atoms with Gasteiger partial charge in [0.05, 0.1) is 0 Å². The van der Waals surface area contributed by atoms with Crippen molar-refractivity contribution in [1.82, 2.24) is 9.88 Å². The summed E-state index contributed by atoms with van der Waals surface area (Å²) < 4.78 is 0. The summed E-state index contributed by atoms with van der Waals surface area (Å²) in [5.41, 5.74) is 0.791. The van der Waals surface area contributed by atoms with Crippen LogP contribution in [0.15, 0.2) is 16.9 Å². The van der Waals surface area contributed by atoms with Crippen molar-refractivity contribution in [2.24, 2.45) is 0 Å². The first kappa shape index (κ1) is 12.5. The highest BCUT2D eigenvalue weighted by Crippen LogP contribution is 2.02. The van der Waals surface area contributed by atoms with E-state index in [1.54, 1.807) is 20.2 Å². The van der Waals surface area contributed by atoms with Gasteiger partial charge >= 0.3 is 0 Å². The molecule has 0 atom stereocenters. The number of rotatable bonds is 4. The second kappa shape index (κ2) is 5.49. The number of nitrogens with one attached hydrogen (secondary N) is 1. The van der Waals surface area contributed by atoms with Gasteiger partial charge in [0.15, 0.2) is 0 Å². The fourth-order valence-electron chi connectivity index (χ4n) is 1.44. The lowest BCUT2D eigenvalue weighted by Crippen LogP contribution is -2.28. The van der Waals surface area contributed by atoms with Gasteiger partial charge < -0.3 is 9.88 Å². The number of nitrogens with zero attached hydrogens (tertiary/aromatic N) is 1. The van der Waals surface area contributed by atoms with Crippen molar-refractivity contribution in [1.29, 1.82) is 0 Å². The molecule has 0 fully saturated rings. The number of unbranched alkanes of at least 4 members (excludes halogenated alkanes) is 1. The van der Waals surface area contributed by atoms with Gasteiger partial charge in [-0.2, -0.15) is 0 Å². The van der Waals surface area contributed by atoms with Crippen LogP contribution in [0.4, 0.5) is 0 Å². The second-order valence-electron chi connectivity index (χ2n) is 4.03. The van der Waals surface area contributed by atoms with Crippen LogP contribution in [0, 0.1) is 0 Å². The van der Waals surface area contributed by atoms with E-state index in [1.807, 2.05) is 6.07 Å². The third kappa shape index (κ3) is 2.95. The smallest absolute Gasteiger partial charge is 0.261 e. The predicted molar refractivity (Wildman–Crippen MR) is 63.7 cm³/mol. The molecule has 0 aliphatic rings. The van der Waals surface area contributed by atoms with Crippen LogP contribution in [0.5, 0.6) is 0 Å². The monoisotopic (exact) mass is 222 g/mol. The van der Waals surface area contributed by atoms with Gasteiger partial charge in [-0.1, -0.05) is 13.3 Å². The second-order valence-corrected chi connectivity index (χ2v) is 4.03. The summed E-state index contributed by atoms with van der Waals surface area (Å²) in [6.07, 6.45) is 2.97. The average molecular weight is 222 g/mol. The van der Waals surface area contributed by atoms with E-state index < -0.39 is 0 Å². The van der Waals surface area contributed by atoms with Crippen LogP contribution in [0.25, 0.3) is 0 Å². The van der Waals surface area contributed by atoms with E-state index in [4.69, 9.17) is 0 Å². The molecule has 4 nitrogen and oxygen atoms in total. The quantitative estimate of drug-likeness (QED) is 0.837. The summed E-state index contributed by atoms with van der Waals surface area (Å²) in [4.78, 5) is 27.4. The van der Waals surface area contributed by atoms with Gasteiger partial charge in [-0.25, -0.2) is 0 Å². The fraction of sp³-hybridized carbons (Fsp3) is 0.500. The zero-order valence-corrected chi connectivity index (χ0v) is 10.0. The number of H-pyrrole nitrogens is 1. The van der Waals surface area contributed by atoms with Gasteiger partial charge in [0.1, 0.15) is 5.56 Å². The van der Waals surface area contributed by atoms with E-state index in [9.17, 15) is 9.59 Å². The van der Waals surface area contributed by atoms with Crippen LogP contribution in [0.2, 0.25) is 0 Å². The number of carbonyl (C=O) groups excluding carboxylic acids is 1. The molecule has 0 aliphatic carbocycles. The summed E-state index contributed by atoms with van der Waals surface area (Å²) in [6, 6.07) is 3.42. The summed E-state index contributed by atoms with van der Waals surface area (Å²) in [7, 11) is 3.26. The molecule has 1 heterocycles.